The van der Waals surface area contributed by atoms with Crippen molar-refractivity contribution in [1.82, 2.24) is 4.98 Å². The Labute approximate surface area is 95.9 Å². The number of rotatable bonds is 2. The lowest BCUT2D eigenvalue weighted by Crippen LogP contribution is -1.85. The van der Waals surface area contributed by atoms with Gasteiger partial charge in [0.2, 0.25) is 0 Å². The second kappa shape index (κ2) is 4.24. The number of aromatic nitrogens is 1. The van der Waals surface area contributed by atoms with Crippen LogP contribution in [0.5, 0.6) is 0 Å². The van der Waals surface area contributed by atoms with Crippen LogP contribution in [-0.2, 0) is 6.42 Å². The van der Waals surface area contributed by atoms with Crippen LogP contribution in [0.25, 0.3) is 0 Å². The highest BCUT2D eigenvalue weighted by molar-refractivity contribution is 9.10. The average molecular weight is 268 g/mol. The SMILES string of the molecule is Cc1cnc(Cc2cccc(Br)c2)s1. The summed E-state index contributed by atoms with van der Waals surface area (Å²) in [6.07, 6.45) is 2.86. The highest BCUT2D eigenvalue weighted by atomic mass is 79.9. The van der Waals surface area contributed by atoms with Crippen molar-refractivity contribution >= 4 is 27.3 Å². The smallest absolute Gasteiger partial charge is 0.0971 e. The molecule has 1 nitrogen and oxygen atoms in total. The summed E-state index contributed by atoms with van der Waals surface area (Å²) < 4.78 is 1.13. The van der Waals surface area contributed by atoms with Crippen LogP contribution >= 0.6 is 27.3 Å². The van der Waals surface area contributed by atoms with Gasteiger partial charge in [-0.05, 0) is 24.6 Å². The van der Waals surface area contributed by atoms with E-state index in [2.05, 4.69) is 46.0 Å². The molecule has 0 fully saturated rings. The van der Waals surface area contributed by atoms with Crippen LogP contribution < -0.4 is 0 Å². The molecule has 0 aliphatic carbocycles. The molecule has 2 rings (SSSR count). The normalized spacial score (nSPS) is 10.4. The van der Waals surface area contributed by atoms with Gasteiger partial charge >= 0.3 is 0 Å². The second-order valence-corrected chi connectivity index (χ2v) is 5.41. The lowest BCUT2D eigenvalue weighted by Gasteiger charge is -1.97. The molecule has 0 saturated heterocycles. The molecule has 1 aromatic carbocycles. The van der Waals surface area contributed by atoms with E-state index in [0.717, 1.165) is 10.9 Å². The highest BCUT2D eigenvalue weighted by Gasteiger charge is 2.00. The summed E-state index contributed by atoms with van der Waals surface area (Å²) in [4.78, 5) is 5.62. The number of hydrogen-bond acceptors (Lipinski definition) is 2. The van der Waals surface area contributed by atoms with Crippen LogP contribution in [0, 0.1) is 6.92 Å². The van der Waals surface area contributed by atoms with Crippen LogP contribution in [-0.4, -0.2) is 4.98 Å². The Bertz CT molecular complexity index is 436. The Morgan fingerprint density at radius 3 is 2.93 bits per heavy atom. The zero-order valence-corrected chi connectivity index (χ0v) is 10.2. The van der Waals surface area contributed by atoms with E-state index >= 15 is 0 Å². The summed E-state index contributed by atoms with van der Waals surface area (Å²) >= 11 is 5.23. The molecular weight excluding hydrogens is 258 g/mol. The van der Waals surface area contributed by atoms with Crippen molar-refractivity contribution in [2.45, 2.75) is 13.3 Å². The molecule has 0 aliphatic rings. The van der Waals surface area contributed by atoms with Gasteiger partial charge in [0.05, 0.1) is 5.01 Å². The molecule has 72 valence electrons. The number of hydrogen-bond donors (Lipinski definition) is 0. The predicted octanol–water partition coefficient (Wildman–Crippen LogP) is 3.80. The molecule has 1 aromatic heterocycles. The molecule has 1 heterocycles. The molecule has 0 atom stereocenters. The second-order valence-electron chi connectivity index (χ2n) is 3.17. The van der Waals surface area contributed by atoms with Gasteiger partial charge in [-0.25, -0.2) is 4.98 Å². The van der Waals surface area contributed by atoms with E-state index in [1.807, 2.05) is 12.3 Å². The third kappa shape index (κ3) is 2.42. The molecule has 0 aliphatic heterocycles. The Morgan fingerprint density at radius 1 is 1.43 bits per heavy atom. The molecule has 0 bridgehead atoms. The molecular formula is C11H10BrNS. The first-order chi connectivity index (χ1) is 6.74. The number of thiazole rings is 1. The van der Waals surface area contributed by atoms with Crippen molar-refractivity contribution in [3.63, 3.8) is 0 Å². The zero-order chi connectivity index (χ0) is 9.97. The van der Waals surface area contributed by atoms with Gasteiger partial charge in [-0.15, -0.1) is 11.3 Å². The van der Waals surface area contributed by atoms with Gasteiger partial charge in [0.15, 0.2) is 0 Å². The van der Waals surface area contributed by atoms with Crippen LogP contribution in [0.15, 0.2) is 34.9 Å². The topological polar surface area (TPSA) is 12.9 Å². The molecule has 3 heteroatoms. The Kier molecular flexibility index (Phi) is 2.99. The largest absolute Gasteiger partial charge is 0.249 e. The molecule has 0 unspecified atom stereocenters. The number of halogens is 1. The Hall–Kier alpha value is -0.670. The first kappa shape index (κ1) is 9.87. The summed E-state index contributed by atoms with van der Waals surface area (Å²) in [5.41, 5.74) is 1.30. The quantitative estimate of drug-likeness (QED) is 0.807. The zero-order valence-electron chi connectivity index (χ0n) is 7.83. The maximum atomic E-state index is 4.34. The summed E-state index contributed by atoms with van der Waals surface area (Å²) in [5.74, 6) is 0. The van der Waals surface area contributed by atoms with Crippen molar-refractivity contribution in [2.75, 3.05) is 0 Å². The lowest BCUT2D eigenvalue weighted by molar-refractivity contribution is 1.13. The molecule has 0 radical (unpaired) electrons. The van der Waals surface area contributed by atoms with Gasteiger partial charge in [-0.3, -0.25) is 0 Å². The van der Waals surface area contributed by atoms with Crippen LogP contribution in [0.1, 0.15) is 15.4 Å². The average Bonchev–Trinajstić information content (AvgIpc) is 2.51. The van der Waals surface area contributed by atoms with E-state index < -0.39 is 0 Å². The lowest BCUT2D eigenvalue weighted by atomic mass is 10.2. The van der Waals surface area contributed by atoms with Crippen molar-refractivity contribution in [2.24, 2.45) is 0 Å². The minimum absolute atomic E-state index is 0.929. The monoisotopic (exact) mass is 267 g/mol. The standard InChI is InChI=1S/C11H10BrNS/c1-8-7-13-11(14-8)6-9-3-2-4-10(12)5-9/h2-5,7H,6H2,1H3. The summed E-state index contributed by atoms with van der Waals surface area (Å²) in [6.45, 7) is 2.09. The molecule has 0 spiro atoms. The van der Waals surface area contributed by atoms with Gasteiger partial charge in [0.25, 0.3) is 0 Å². The molecule has 0 N–H and O–H groups in total. The third-order valence-corrected chi connectivity index (χ3v) is 3.32. The fourth-order valence-corrected chi connectivity index (χ4v) is 2.57. The number of benzene rings is 1. The van der Waals surface area contributed by atoms with Crippen LogP contribution in [0.4, 0.5) is 0 Å². The maximum Gasteiger partial charge on any atom is 0.0971 e. The maximum absolute atomic E-state index is 4.34. The molecule has 14 heavy (non-hydrogen) atoms. The van der Waals surface area contributed by atoms with Gasteiger partial charge in [-0.2, -0.15) is 0 Å². The predicted molar refractivity (Wildman–Crippen MR) is 63.8 cm³/mol. The summed E-state index contributed by atoms with van der Waals surface area (Å²) in [5, 5.41) is 1.18. The minimum Gasteiger partial charge on any atom is -0.249 e. The van der Waals surface area contributed by atoms with Crippen molar-refractivity contribution in [1.29, 1.82) is 0 Å². The van der Waals surface area contributed by atoms with Crippen LogP contribution in [0.2, 0.25) is 0 Å². The molecule has 2 aromatic rings. The van der Waals surface area contributed by atoms with Crippen molar-refractivity contribution in [3.8, 4) is 0 Å². The van der Waals surface area contributed by atoms with Gasteiger partial charge in [0, 0.05) is 22.0 Å². The van der Waals surface area contributed by atoms with Gasteiger partial charge < -0.3 is 0 Å². The van der Waals surface area contributed by atoms with Gasteiger partial charge in [0.1, 0.15) is 0 Å². The summed E-state index contributed by atoms with van der Waals surface area (Å²) in [6, 6.07) is 8.36. The van der Waals surface area contributed by atoms with E-state index in [9.17, 15) is 0 Å². The van der Waals surface area contributed by atoms with E-state index in [4.69, 9.17) is 0 Å². The molecule has 0 amide bonds. The number of nitrogens with zero attached hydrogens (tertiary/aromatic N) is 1. The van der Waals surface area contributed by atoms with Crippen molar-refractivity contribution < 1.29 is 0 Å². The Morgan fingerprint density at radius 2 is 2.29 bits per heavy atom. The van der Waals surface area contributed by atoms with Crippen LogP contribution in [0.3, 0.4) is 0 Å². The van der Waals surface area contributed by atoms with Crippen molar-refractivity contribution in [3.05, 3.63) is 50.4 Å². The van der Waals surface area contributed by atoms with E-state index in [1.54, 1.807) is 11.3 Å². The summed E-state index contributed by atoms with van der Waals surface area (Å²) in [7, 11) is 0. The highest BCUT2D eigenvalue weighted by Crippen LogP contribution is 2.18. The van der Waals surface area contributed by atoms with Gasteiger partial charge in [-0.1, -0.05) is 28.1 Å². The van der Waals surface area contributed by atoms with E-state index in [-0.39, 0.29) is 0 Å². The fraction of sp³-hybridized carbons (Fsp3) is 0.182. The fourth-order valence-electron chi connectivity index (χ4n) is 1.30. The van der Waals surface area contributed by atoms with E-state index in [0.29, 0.717) is 0 Å². The first-order valence-electron chi connectivity index (χ1n) is 4.40. The third-order valence-electron chi connectivity index (χ3n) is 1.91. The molecule has 0 saturated carbocycles. The number of aryl methyl sites for hydroxylation is 1. The Balaban J connectivity index is 2.18. The van der Waals surface area contributed by atoms with E-state index in [1.165, 1.54) is 15.4 Å². The minimum atomic E-state index is 0.929. The first-order valence-corrected chi connectivity index (χ1v) is 6.01.